The third-order valence-corrected chi connectivity index (χ3v) is 7.21. The second-order valence-corrected chi connectivity index (χ2v) is 10.3. The molecule has 4 rings (SSSR count). The van der Waals surface area contributed by atoms with E-state index in [2.05, 4.69) is 4.98 Å². The van der Waals surface area contributed by atoms with Crippen molar-refractivity contribution in [2.45, 2.75) is 29.5 Å². The summed E-state index contributed by atoms with van der Waals surface area (Å²) < 4.78 is 128. The van der Waals surface area contributed by atoms with Gasteiger partial charge in [0.2, 0.25) is 5.95 Å². The first kappa shape index (κ1) is 27.6. The summed E-state index contributed by atoms with van der Waals surface area (Å²) in [5, 5.41) is 0. The number of hydrogen-bond acceptors (Lipinski definition) is 5. The maximum absolute atomic E-state index is 14.9. The minimum absolute atomic E-state index is 0.00791. The monoisotopic (exact) mass is 563 g/mol. The van der Waals surface area contributed by atoms with E-state index in [1.165, 1.54) is 12.1 Å². The van der Waals surface area contributed by atoms with E-state index >= 15 is 0 Å². The molecule has 0 bridgehead atoms. The Kier molecular flexibility index (Phi) is 7.83. The van der Waals surface area contributed by atoms with Crippen LogP contribution in [0, 0.1) is 23.4 Å². The van der Waals surface area contributed by atoms with Gasteiger partial charge in [-0.05, 0) is 36.2 Å². The summed E-state index contributed by atoms with van der Waals surface area (Å²) >= 11 is 0. The van der Waals surface area contributed by atoms with Gasteiger partial charge in [0.15, 0.2) is 11.6 Å². The normalized spacial score (nSPS) is 18.8. The minimum atomic E-state index is -4.71. The number of anilines is 1. The van der Waals surface area contributed by atoms with E-state index in [1.807, 2.05) is 4.72 Å². The Hall–Kier alpha value is -3.39. The number of rotatable bonds is 7. The van der Waals surface area contributed by atoms with Gasteiger partial charge in [-0.1, -0.05) is 18.2 Å². The zero-order valence-electron chi connectivity index (χ0n) is 19.4. The van der Waals surface area contributed by atoms with Crippen molar-refractivity contribution in [2.75, 3.05) is 24.4 Å². The topological polar surface area (TPSA) is 71.5 Å². The molecule has 0 amide bonds. The van der Waals surface area contributed by atoms with Crippen LogP contribution in [0.4, 0.5) is 36.6 Å². The molecule has 1 fully saturated rings. The smallest absolute Gasteiger partial charge is 0.401 e. The molecule has 0 saturated carbocycles. The van der Waals surface area contributed by atoms with Gasteiger partial charge in [0.25, 0.3) is 10.0 Å². The van der Waals surface area contributed by atoms with Crippen molar-refractivity contribution >= 4 is 15.8 Å². The molecule has 0 spiro atoms. The lowest BCUT2D eigenvalue weighted by Gasteiger charge is -2.39. The van der Waals surface area contributed by atoms with Gasteiger partial charge < -0.3 is 4.74 Å². The quantitative estimate of drug-likeness (QED) is 0.315. The number of alkyl halides is 3. The van der Waals surface area contributed by atoms with Crippen LogP contribution in [0.5, 0.6) is 5.75 Å². The summed E-state index contributed by atoms with van der Waals surface area (Å²) in [5.74, 6) is -6.10. The molecule has 3 aromatic rings. The first-order chi connectivity index (χ1) is 17.8. The van der Waals surface area contributed by atoms with E-state index in [1.54, 1.807) is 0 Å². The van der Waals surface area contributed by atoms with Crippen LogP contribution in [0.3, 0.4) is 0 Å². The fourth-order valence-electron chi connectivity index (χ4n) is 4.19. The van der Waals surface area contributed by atoms with Gasteiger partial charge in [0, 0.05) is 31.1 Å². The lowest BCUT2D eigenvalue weighted by molar-refractivity contribution is -0.150. The maximum Gasteiger partial charge on any atom is 0.401 e. The number of benzene rings is 2. The molecule has 1 N–H and O–H groups in total. The molecule has 1 aliphatic rings. The van der Waals surface area contributed by atoms with Crippen molar-refractivity contribution in [1.29, 1.82) is 0 Å². The van der Waals surface area contributed by atoms with Gasteiger partial charge >= 0.3 is 6.18 Å². The molecule has 1 saturated heterocycles. The first-order valence-corrected chi connectivity index (χ1v) is 12.6. The van der Waals surface area contributed by atoms with E-state index in [4.69, 9.17) is 4.74 Å². The average molecular weight is 563 g/mol. The highest BCUT2D eigenvalue weighted by Gasteiger charge is 2.38. The second-order valence-electron chi connectivity index (χ2n) is 8.62. The molecule has 0 aliphatic carbocycles. The van der Waals surface area contributed by atoms with Crippen LogP contribution in [0.1, 0.15) is 17.9 Å². The van der Waals surface area contributed by atoms with Gasteiger partial charge in [-0.2, -0.15) is 17.6 Å². The number of ether oxygens (including phenoxy) is 1. The van der Waals surface area contributed by atoms with Crippen molar-refractivity contribution < 1.29 is 43.9 Å². The molecular formula is C24H20F7N3O3S. The van der Waals surface area contributed by atoms with Gasteiger partial charge in [-0.3, -0.25) is 9.62 Å². The number of aromatic nitrogens is 1. The third-order valence-electron chi connectivity index (χ3n) is 5.84. The molecular weight excluding hydrogens is 543 g/mol. The van der Waals surface area contributed by atoms with Gasteiger partial charge in [0.05, 0.1) is 6.54 Å². The number of likely N-dealkylation sites (tertiary alicyclic amines) is 1. The largest absolute Gasteiger partial charge is 0.487 e. The molecule has 0 unspecified atom stereocenters. The number of hydrogen-bond donors (Lipinski definition) is 1. The SMILES string of the molecule is O=S(=O)(Nc1cccc(F)n1)c1cc(F)c(O[C@H]2CCN(CC(F)(F)F)C[C@@H]2c2ccc(F)cc2)cc1F. The molecule has 14 heteroatoms. The van der Waals surface area contributed by atoms with Crippen LogP contribution >= 0.6 is 0 Å². The maximum atomic E-state index is 14.9. The van der Waals surface area contributed by atoms with Crippen LogP contribution in [0.15, 0.2) is 59.5 Å². The highest BCUT2D eigenvalue weighted by atomic mass is 32.2. The predicted octanol–water partition coefficient (Wildman–Crippen LogP) is 5.24. The predicted molar refractivity (Wildman–Crippen MR) is 122 cm³/mol. The Labute approximate surface area is 213 Å². The molecule has 6 nitrogen and oxygen atoms in total. The van der Waals surface area contributed by atoms with E-state index in [0.717, 1.165) is 35.2 Å². The van der Waals surface area contributed by atoms with Crippen LogP contribution in [-0.2, 0) is 10.0 Å². The van der Waals surface area contributed by atoms with E-state index in [-0.39, 0.29) is 19.5 Å². The number of pyridine rings is 1. The average Bonchev–Trinajstić information content (AvgIpc) is 2.81. The minimum Gasteiger partial charge on any atom is -0.487 e. The van der Waals surface area contributed by atoms with Crippen molar-refractivity contribution in [1.82, 2.24) is 9.88 Å². The summed E-state index contributed by atoms with van der Waals surface area (Å²) in [5.41, 5.74) is 0.426. The van der Waals surface area contributed by atoms with Crippen LogP contribution in [0.2, 0.25) is 0 Å². The summed E-state index contributed by atoms with van der Waals surface area (Å²) in [6.07, 6.45) is -5.41. The fraction of sp³-hybridized carbons (Fsp3) is 0.292. The summed E-state index contributed by atoms with van der Waals surface area (Å²) in [6.45, 7) is -1.42. The molecule has 0 radical (unpaired) electrons. The summed E-state index contributed by atoms with van der Waals surface area (Å²) in [4.78, 5) is 3.34. The lowest BCUT2D eigenvalue weighted by atomic mass is 9.87. The van der Waals surface area contributed by atoms with Crippen molar-refractivity contribution in [3.8, 4) is 5.75 Å². The molecule has 2 atom stereocenters. The Balaban J connectivity index is 1.59. The van der Waals surface area contributed by atoms with Crippen LogP contribution in [-0.4, -0.2) is 50.2 Å². The van der Waals surface area contributed by atoms with E-state index in [0.29, 0.717) is 17.7 Å². The Morgan fingerprint density at radius 1 is 1.00 bits per heavy atom. The fourth-order valence-corrected chi connectivity index (χ4v) is 5.27. The van der Waals surface area contributed by atoms with Crippen molar-refractivity contribution in [2.24, 2.45) is 0 Å². The molecule has 2 aromatic carbocycles. The Morgan fingerprint density at radius 2 is 1.71 bits per heavy atom. The summed E-state index contributed by atoms with van der Waals surface area (Å²) in [7, 11) is -4.71. The highest BCUT2D eigenvalue weighted by Crippen LogP contribution is 2.34. The number of nitrogens with zero attached hydrogens (tertiary/aromatic N) is 2. The number of piperidine rings is 1. The van der Waals surface area contributed by atoms with Gasteiger partial charge in [0.1, 0.15) is 28.5 Å². The van der Waals surface area contributed by atoms with Crippen LogP contribution in [0.25, 0.3) is 0 Å². The van der Waals surface area contributed by atoms with E-state index < -0.39 is 74.6 Å². The zero-order valence-corrected chi connectivity index (χ0v) is 20.2. The molecule has 1 aromatic heterocycles. The molecule has 1 aliphatic heterocycles. The van der Waals surface area contributed by atoms with Crippen molar-refractivity contribution in [3.63, 3.8) is 0 Å². The van der Waals surface area contributed by atoms with E-state index in [9.17, 15) is 39.2 Å². The van der Waals surface area contributed by atoms with Gasteiger partial charge in [-0.25, -0.2) is 26.6 Å². The lowest BCUT2D eigenvalue weighted by Crippen LogP contribution is -2.47. The third kappa shape index (κ3) is 6.72. The molecule has 38 heavy (non-hydrogen) atoms. The summed E-state index contributed by atoms with van der Waals surface area (Å²) in [6, 6.07) is 9.07. The molecule has 2 heterocycles. The number of halogens is 7. The Bertz CT molecular complexity index is 1400. The molecule has 204 valence electrons. The Morgan fingerprint density at radius 3 is 2.37 bits per heavy atom. The number of sulfonamides is 1. The first-order valence-electron chi connectivity index (χ1n) is 11.2. The van der Waals surface area contributed by atoms with Gasteiger partial charge in [-0.15, -0.1) is 0 Å². The highest BCUT2D eigenvalue weighted by molar-refractivity contribution is 7.92. The van der Waals surface area contributed by atoms with Crippen LogP contribution < -0.4 is 9.46 Å². The van der Waals surface area contributed by atoms with Crippen molar-refractivity contribution in [3.05, 3.63) is 83.6 Å². The second kappa shape index (κ2) is 10.8. The number of nitrogens with one attached hydrogen (secondary N) is 1. The standard InChI is InChI=1S/C24H20F7N3O3S/c25-15-6-4-14(5-7-15)16-12-34(13-24(29,30)31)9-8-19(16)37-20-10-18(27)21(11-17(20)26)38(35,36)33-23-3-1-2-22(28)32-23/h1-7,10-11,16,19H,8-9,12-13H2,(H,32,33)/t16-,19+/m1/s1. The zero-order chi connectivity index (χ0) is 27.7.